The number of carbonyl (C=O) groups excluding carboxylic acids is 1. The van der Waals surface area contributed by atoms with E-state index in [2.05, 4.69) is 4.98 Å². The maximum Gasteiger partial charge on any atom is 0.362 e. The second-order valence-corrected chi connectivity index (χ2v) is 5.49. The lowest BCUT2D eigenvalue weighted by atomic mass is 10.2. The number of halogens is 1. The first kappa shape index (κ1) is 15.3. The molecule has 0 saturated heterocycles. The van der Waals surface area contributed by atoms with Crippen LogP contribution in [0.3, 0.4) is 0 Å². The number of esters is 1. The molecule has 0 aliphatic heterocycles. The molecule has 116 valence electrons. The van der Waals surface area contributed by atoms with Gasteiger partial charge in [0.1, 0.15) is 17.2 Å². The molecule has 5 heteroatoms. The van der Waals surface area contributed by atoms with E-state index in [-0.39, 0.29) is 5.69 Å². The molecule has 0 atom stereocenters. The summed E-state index contributed by atoms with van der Waals surface area (Å²) in [7, 11) is 1.61. The van der Waals surface area contributed by atoms with Crippen molar-refractivity contribution in [3.05, 3.63) is 64.8 Å². The van der Waals surface area contributed by atoms with Gasteiger partial charge in [0.15, 0.2) is 0 Å². The van der Waals surface area contributed by atoms with Crippen LogP contribution in [0.1, 0.15) is 16.1 Å². The fourth-order valence-electron chi connectivity index (χ4n) is 2.22. The summed E-state index contributed by atoms with van der Waals surface area (Å²) >= 11 is 5.90. The normalized spacial score (nSPS) is 10.6. The fraction of sp³-hybridized carbons (Fsp3) is 0.111. The van der Waals surface area contributed by atoms with E-state index in [1.165, 1.54) is 0 Å². The first-order valence-electron chi connectivity index (χ1n) is 7.00. The lowest BCUT2D eigenvalue weighted by Gasteiger charge is -2.08. The van der Waals surface area contributed by atoms with Gasteiger partial charge in [-0.15, -0.1) is 0 Å². The van der Waals surface area contributed by atoms with Crippen molar-refractivity contribution in [1.82, 2.24) is 4.98 Å². The SMILES string of the molecule is COc1ccc2nc(C(=O)Oc3ccc(Cl)cc3C)ccc2c1. The Morgan fingerprint density at radius 1 is 1.09 bits per heavy atom. The monoisotopic (exact) mass is 327 g/mol. The number of aryl methyl sites for hydroxylation is 1. The van der Waals surface area contributed by atoms with Gasteiger partial charge in [-0.05, 0) is 55.0 Å². The Labute approximate surface area is 138 Å². The van der Waals surface area contributed by atoms with E-state index in [4.69, 9.17) is 21.1 Å². The van der Waals surface area contributed by atoms with E-state index in [0.717, 1.165) is 16.7 Å². The number of nitrogens with zero attached hydrogens (tertiary/aromatic N) is 1. The summed E-state index contributed by atoms with van der Waals surface area (Å²) in [4.78, 5) is 16.6. The molecule has 0 N–H and O–H groups in total. The summed E-state index contributed by atoms with van der Waals surface area (Å²) in [5.74, 6) is 0.704. The highest BCUT2D eigenvalue weighted by molar-refractivity contribution is 6.30. The Kier molecular flexibility index (Phi) is 4.17. The summed E-state index contributed by atoms with van der Waals surface area (Å²) in [6, 6.07) is 14.0. The Morgan fingerprint density at radius 3 is 2.65 bits per heavy atom. The van der Waals surface area contributed by atoms with E-state index in [1.54, 1.807) is 43.5 Å². The highest BCUT2D eigenvalue weighted by atomic mass is 35.5. The van der Waals surface area contributed by atoms with Crippen molar-refractivity contribution in [2.24, 2.45) is 0 Å². The third kappa shape index (κ3) is 3.27. The minimum absolute atomic E-state index is 0.247. The molecule has 23 heavy (non-hydrogen) atoms. The van der Waals surface area contributed by atoms with Crippen LogP contribution in [-0.2, 0) is 0 Å². The van der Waals surface area contributed by atoms with Gasteiger partial charge in [0.25, 0.3) is 0 Å². The van der Waals surface area contributed by atoms with Gasteiger partial charge < -0.3 is 9.47 Å². The molecule has 0 saturated carbocycles. The van der Waals surface area contributed by atoms with Gasteiger partial charge in [-0.2, -0.15) is 0 Å². The zero-order chi connectivity index (χ0) is 16.4. The van der Waals surface area contributed by atoms with Gasteiger partial charge >= 0.3 is 5.97 Å². The number of hydrogen-bond donors (Lipinski definition) is 0. The molecule has 0 bridgehead atoms. The van der Waals surface area contributed by atoms with Crippen molar-refractivity contribution in [3.63, 3.8) is 0 Å². The zero-order valence-electron chi connectivity index (χ0n) is 12.7. The zero-order valence-corrected chi connectivity index (χ0v) is 13.4. The van der Waals surface area contributed by atoms with Crippen LogP contribution in [0.2, 0.25) is 5.02 Å². The minimum atomic E-state index is -0.506. The molecular weight excluding hydrogens is 314 g/mol. The molecule has 0 aliphatic carbocycles. The number of ether oxygens (including phenoxy) is 2. The van der Waals surface area contributed by atoms with Crippen molar-refractivity contribution >= 4 is 28.5 Å². The molecule has 0 unspecified atom stereocenters. The number of fused-ring (bicyclic) bond motifs is 1. The van der Waals surface area contributed by atoms with Crippen LogP contribution in [0.25, 0.3) is 10.9 Å². The van der Waals surface area contributed by atoms with Crippen molar-refractivity contribution in [2.45, 2.75) is 6.92 Å². The minimum Gasteiger partial charge on any atom is -0.497 e. The maximum atomic E-state index is 12.3. The van der Waals surface area contributed by atoms with Crippen LogP contribution in [0.15, 0.2) is 48.5 Å². The Bertz CT molecular complexity index is 893. The largest absolute Gasteiger partial charge is 0.497 e. The van der Waals surface area contributed by atoms with Crippen LogP contribution in [0.5, 0.6) is 11.5 Å². The number of rotatable bonds is 3. The third-order valence-electron chi connectivity index (χ3n) is 3.45. The van der Waals surface area contributed by atoms with Crippen LogP contribution in [-0.4, -0.2) is 18.1 Å². The van der Waals surface area contributed by atoms with Crippen molar-refractivity contribution in [2.75, 3.05) is 7.11 Å². The van der Waals surface area contributed by atoms with Gasteiger partial charge in [0.2, 0.25) is 0 Å². The summed E-state index contributed by atoms with van der Waals surface area (Å²) < 4.78 is 10.6. The predicted octanol–water partition coefficient (Wildman–Crippen LogP) is 4.42. The molecule has 0 fully saturated rings. The number of pyridine rings is 1. The highest BCUT2D eigenvalue weighted by Gasteiger charge is 2.13. The molecular formula is C18H14ClNO3. The number of aromatic nitrogens is 1. The fourth-order valence-corrected chi connectivity index (χ4v) is 2.45. The van der Waals surface area contributed by atoms with Gasteiger partial charge in [0, 0.05) is 10.4 Å². The van der Waals surface area contributed by atoms with E-state index < -0.39 is 5.97 Å². The lowest BCUT2D eigenvalue weighted by Crippen LogP contribution is -2.11. The maximum absolute atomic E-state index is 12.3. The molecule has 0 radical (unpaired) electrons. The number of methoxy groups -OCH3 is 1. The van der Waals surface area contributed by atoms with Crippen LogP contribution in [0, 0.1) is 6.92 Å². The standard InChI is InChI=1S/C18H14ClNO3/c1-11-9-13(19)4-8-17(11)23-18(21)16-6-3-12-10-14(22-2)5-7-15(12)20-16/h3-10H,1-2H3. The first-order chi connectivity index (χ1) is 11.1. The average molecular weight is 328 g/mol. The van der Waals surface area contributed by atoms with Gasteiger partial charge in [-0.1, -0.05) is 17.7 Å². The Balaban J connectivity index is 1.88. The van der Waals surface area contributed by atoms with Crippen LogP contribution < -0.4 is 9.47 Å². The molecule has 1 heterocycles. The summed E-state index contributed by atoms with van der Waals surface area (Å²) in [5, 5.41) is 1.49. The van der Waals surface area contributed by atoms with Gasteiger partial charge in [-0.3, -0.25) is 0 Å². The number of carbonyl (C=O) groups is 1. The molecule has 2 aromatic carbocycles. The summed E-state index contributed by atoms with van der Waals surface area (Å²) in [5.41, 5.74) is 1.74. The second kappa shape index (κ2) is 6.26. The average Bonchev–Trinajstić information content (AvgIpc) is 2.56. The molecule has 3 aromatic rings. The quantitative estimate of drug-likeness (QED) is 0.527. The summed E-state index contributed by atoms with van der Waals surface area (Å²) in [6.45, 7) is 1.83. The van der Waals surface area contributed by atoms with Crippen LogP contribution in [0.4, 0.5) is 0 Å². The molecule has 1 aromatic heterocycles. The van der Waals surface area contributed by atoms with E-state index in [9.17, 15) is 4.79 Å². The second-order valence-electron chi connectivity index (χ2n) is 5.05. The highest BCUT2D eigenvalue weighted by Crippen LogP contribution is 2.23. The summed E-state index contributed by atoms with van der Waals surface area (Å²) in [6.07, 6.45) is 0. The Morgan fingerprint density at radius 2 is 1.91 bits per heavy atom. The van der Waals surface area contributed by atoms with E-state index in [1.807, 2.05) is 19.1 Å². The molecule has 0 spiro atoms. The van der Waals surface area contributed by atoms with E-state index in [0.29, 0.717) is 16.3 Å². The Hall–Kier alpha value is -2.59. The van der Waals surface area contributed by atoms with Crippen molar-refractivity contribution < 1.29 is 14.3 Å². The molecule has 4 nitrogen and oxygen atoms in total. The smallest absolute Gasteiger partial charge is 0.362 e. The number of hydrogen-bond acceptors (Lipinski definition) is 4. The first-order valence-corrected chi connectivity index (χ1v) is 7.38. The molecule has 3 rings (SSSR count). The van der Waals surface area contributed by atoms with Gasteiger partial charge in [0.05, 0.1) is 12.6 Å². The molecule has 0 aliphatic rings. The van der Waals surface area contributed by atoms with E-state index >= 15 is 0 Å². The number of benzene rings is 2. The third-order valence-corrected chi connectivity index (χ3v) is 3.68. The topological polar surface area (TPSA) is 48.4 Å². The van der Waals surface area contributed by atoms with Crippen LogP contribution >= 0.6 is 11.6 Å². The van der Waals surface area contributed by atoms with Crippen molar-refractivity contribution in [3.8, 4) is 11.5 Å². The molecule has 0 amide bonds. The lowest BCUT2D eigenvalue weighted by molar-refractivity contribution is 0.0728. The predicted molar refractivity (Wildman–Crippen MR) is 89.4 cm³/mol. The van der Waals surface area contributed by atoms with Crippen molar-refractivity contribution in [1.29, 1.82) is 0 Å². The van der Waals surface area contributed by atoms with Gasteiger partial charge in [-0.25, -0.2) is 9.78 Å².